The van der Waals surface area contributed by atoms with Gasteiger partial charge in [-0.05, 0) is 31.0 Å². The number of ether oxygens (including phenoxy) is 3. The zero-order valence-corrected chi connectivity index (χ0v) is 23.9. The van der Waals surface area contributed by atoms with Crippen molar-refractivity contribution in [2.75, 3.05) is 32.6 Å². The Hall–Kier alpha value is -2.80. The molecule has 2 heterocycles. The number of esters is 1. The summed E-state index contributed by atoms with van der Waals surface area (Å²) in [5.41, 5.74) is 4.88. The molecule has 0 amide bonds. The van der Waals surface area contributed by atoms with Crippen LogP contribution in [0, 0.1) is 5.92 Å². The van der Waals surface area contributed by atoms with Gasteiger partial charge < -0.3 is 29.6 Å². The minimum atomic E-state index is -4.04. The summed E-state index contributed by atoms with van der Waals surface area (Å²) < 4.78 is 42.8. The molecule has 1 aromatic carbocycles. The van der Waals surface area contributed by atoms with Crippen molar-refractivity contribution in [3.63, 3.8) is 0 Å². The number of methoxy groups -OCH3 is 1. The first kappa shape index (κ1) is 31.7. The maximum atomic E-state index is 13.7. The molecule has 3 unspecified atom stereocenters. The fraction of sp³-hybridized carbons (Fsp3) is 0.577. The largest absolute Gasteiger partial charge is 0.464 e. The lowest BCUT2D eigenvalue weighted by molar-refractivity contribution is -0.148. The Morgan fingerprint density at radius 3 is 2.55 bits per heavy atom. The summed E-state index contributed by atoms with van der Waals surface area (Å²) in [6.07, 6.45) is 0.359. The van der Waals surface area contributed by atoms with Crippen molar-refractivity contribution in [3.05, 3.63) is 53.1 Å². The van der Waals surface area contributed by atoms with Crippen LogP contribution < -0.4 is 21.0 Å². The number of aromatic nitrogens is 2. The number of para-hydroxylation sites is 1. The topological polar surface area (TPSA) is 173 Å². The Morgan fingerprint density at radius 2 is 1.93 bits per heavy atom. The number of nitrogens with two attached hydrogens (primary N) is 1. The molecule has 13 nitrogen and oxygen atoms in total. The van der Waals surface area contributed by atoms with Crippen LogP contribution in [0.3, 0.4) is 0 Å². The fourth-order valence-electron chi connectivity index (χ4n) is 4.38. The van der Waals surface area contributed by atoms with E-state index in [4.69, 9.17) is 29.0 Å². The molecule has 1 aromatic heterocycles. The first-order chi connectivity index (χ1) is 19.2. The van der Waals surface area contributed by atoms with Gasteiger partial charge in [0.2, 0.25) is 0 Å². The number of anilines is 1. The van der Waals surface area contributed by atoms with E-state index in [1.165, 1.54) is 19.4 Å². The molecule has 40 heavy (non-hydrogen) atoms. The highest BCUT2D eigenvalue weighted by molar-refractivity contribution is 7.52. The van der Waals surface area contributed by atoms with Crippen molar-refractivity contribution in [2.45, 2.75) is 64.1 Å². The second-order valence-electron chi connectivity index (χ2n) is 9.35. The van der Waals surface area contributed by atoms with Gasteiger partial charge in [0.05, 0.1) is 12.5 Å². The SMILES string of the molecule is CCCC(CCC)C(=O)OCCNP(=O)(OC[C@H]1O[C@@H](n2ccc(N)nc2=O)C(OC)C1O)Oc1ccccc1. The third-order valence-electron chi connectivity index (χ3n) is 6.35. The number of carbonyl (C=O) groups is 1. The van der Waals surface area contributed by atoms with Gasteiger partial charge in [-0.2, -0.15) is 4.98 Å². The number of nitrogens with zero attached hydrogens (tertiary/aromatic N) is 2. The van der Waals surface area contributed by atoms with Crippen molar-refractivity contribution < 1.29 is 37.7 Å². The van der Waals surface area contributed by atoms with Gasteiger partial charge in [0, 0.05) is 19.9 Å². The zero-order chi connectivity index (χ0) is 29.1. The molecule has 1 fully saturated rings. The highest BCUT2D eigenvalue weighted by Gasteiger charge is 2.46. The van der Waals surface area contributed by atoms with E-state index < -0.39 is 38.0 Å². The molecule has 0 saturated carbocycles. The first-order valence-electron chi connectivity index (χ1n) is 13.3. The van der Waals surface area contributed by atoms with Crippen LogP contribution in [0.25, 0.3) is 0 Å². The number of aliphatic hydroxyl groups excluding tert-OH is 1. The summed E-state index contributed by atoms with van der Waals surface area (Å²) >= 11 is 0. The average molecular weight is 583 g/mol. The van der Waals surface area contributed by atoms with Gasteiger partial charge in [0.15, 0.2) is 6.23 Å². The van der Waals surface area contributed by atoms with Gasteiger partial charge in [-0.1, -0.05) is 44.9 Å². The molecule has 0 spiro atoms. The molecule has 0 aliphatic carbocycles. The molecule has 1 saturated heterocycles. The van der Waals surface area contributed by atoms with Crippen LogP contribution in [0.5, 0.6) is 5.75 Å². The van der Waals surface area contributed by atoms with Crippen LogP contribution in [0.4, 0.5) is 5.82 Å². The Labute approximate surface area is 233 Å². The first-order valence-corrected chi connectivity index (χ1v) is 14.9. The van der Waals surface area contributed by atoms with E-state index in [2.05, 4.69) is 10.1 Å². The van der Waals surface area contributed by atoms with Gasteiger partial charge in [-0.25, -0.2) is 14.4 Å². The van der Waals surface area contributed by atoms with Gasteiger partial charge in [-0.3, -0.25) is 13.9 Å². The van der Waals surface area contributed by atoms with E-state index in [0.29, 0.717) is 0 Å². The lowest BCUT2D eigenvalue weighted by Gasteiger charge is -2.23. The Bertz CT molecular complexity index is 1180. The molecule has 0 bridgehead atoms. The standard InChI is InChI=1S/C26H39N4O9P/c1-4-9-18(10-5-2)25(32)36-16-14-28-40(34,39-19-11-7-6-8-12-19)37-17-20-22(31)23(35-3)24(38-20)30-15-13-21(27)29-26(30)33/h6-8,11-13,15,18,20,22-24,31H,4-5,9-10,14,16-17H2,1-3H3,(H,28,34)(H2,27,29,33)/t20-,22?,23?,24-,40?/m1/s1. The number of benzene rings is 1. The van der Waals surface area contributed by atoms with Crippen molar-refractivity contribution in [1.29, 1.82) is 0 Å². The number of hydrogen-bond donors (Lipinski definition) is 3. The number of rotatable bonds is 16. The van der Waals surface area contributed by atoms with Gasteiger partial charge in [0.25, 0.3) is 0 Å². The highest BCUT2D eigenvalue weighted by atomic mass is 31.2. The Balaban J connectivity index is 1.66. The molecule has 5 atom stereocenters. The summed E-state index contributed by atoms with van der Waals surface area (Å²) in [4.78, 5) is 28.5. The average Bonchev–Trinajstić information content (AvgIpc) is 3.25. The molecular formula is C26H39N4O9P. The van der Waals surface area contributed by atoms with Crippen LogP contribution >= 0.6 is 7.75 Å². The molecule has 1 aliphatic rings. The van der Waals surface area contributed by atoms with E-state index in [0.717, 1.165) is 30.3 Å². The number of carbonyl (C=O) groups excluding carboxylic acids is 1. The van der Waals surface area contributed by atoms with E-state index in [-0.39, 0.29) is 43.2 Å². The second kappa shape index (κ2) is 15.3. The molecule has 14 heteroatoms. The van der Waals surface area contributed by atoms with Gasteiger partial charge >= 0.3 is 19.4 Å². The summed E-state index contributed by atoms with van der Waals surface area (Å²) in [6.45, 7) is 3.60. The molecule has 222 valence electrons. The minimum Gasteiger partial charge on any atom is -0.464 e. The number of aliphatic hydroxyl groups is 1. The zero-order valence-electron chi connectivity index (χ0n) is 23.0. The molecular weight excluding hydrogens is 543 g/mol. The summed E-state index contributed by atoms with van der Waals surface area (Å²) in [7, 11) is -2.67. The van der Waals surface area contributed by atoms with Crippen molar-refractivity contribution in [3.8, 4) is 5.75 Å². The van der Waals surface area contributed by atoms with Crippen LogP contribution in [0.2, 0.25) is 0 Å². The number of nitrogens with one attached hydrogen (secondary N) is 1. The van der Waals surface area contributed by atoms with Crippen LogP contribution in [0.15, 0.2) is 47.4 Å². The third-order valence-corrected chi connectivity index (χ3v) is 7.90. The van der Waals surface area contributed by atoms with Crippen molar-refractivity contribution in [1.82, 2.24) is 14.6 Å². The lowest BCUT2D eigenvalue weighted by Crippen LogP contribution is -2.37. The molecule has 4 N–H and O–H groups in total. The normalized spacial score (nSPS) is 22.2. The van der Waals surface area contributed by atoms with Crippen molar-refractivity contribution in [2.24, 2.45) is 5.92 Å². The van der Waals surface area contributed by atoms with E-state index >= 15 is 0 Å². The molecule has 0 radical (unpaired) electrons. The predicted octanol–water partition coefficient (Wildman–Crippen LogP) is 2.65. The molecule has 1 aliphatic heterocycles. The fourth-order valence-corrected chi connectivity index (χ4v) is 5.70. The van der Waals surface area contributed by atoms with Gasteiger partial charge in [0.1, 0.15) is 36.5 Å². The van der Waals surface area contributed by atoms with Gasteiger partial charge in [-0.15, -0.1) is 0 Å². The summed E-state index contributed by atoms with van der Waals surface area (Å²) in [5, 5.41) is 13.5. The molecule has 2 aromatic rings. The summed E-state index contributed by atoms with van der Waals surface area (Å²) in [6, 6.07) is 9.82. The van der Waals surface area contributed by atoms with E-state index in [9.17, 15) is 19.3 Å². The maximum Gasteiger partial charge on any atom is 0.458 e. The quantitative estimate of drug-likeness (QED) is 0.150. The smallest absolute Gasteiger partial charge is 0.458 e. The van der Waals surface area contributed by atoms with Crippen molar-refractivity contribution >= 4 is 19.5 Å². The van der Waals surface area contributed by atoms with Crippen LogP contribution in [0.1, 0.15) is 45.8 Å². The van der Waals surface area contributed by atoms with E-state index in [1.54, 1.807) is 30.3 Å². The maximum absolute atomic E-state index is 13.7. The Kier molecular flexibility index (Phi) is 12.1. The predicted molar refractivity (Wildman–Crippen MR) is 147 cm³/mol. The second-order valence-corrected chi connectivity index (χ2v) is 11.1. The van der Waals surface area contributed by atoms with E-state index in [1.807, 2.05) is 13.8 Å². The third kappa shape index (κ3) is 8.60. The van der Waals surface area contributed by atoms with Crippen LogP contribution in [-0.4, -0.2) is 65.8 Å². The number of hydrogen-bond acceptors (Lipinski definition) is 11. The monoisotopic (exact) mass is 582 g/mol. The molecule has 3 rings (SSSR count). The summed E-state index contributed by atoms with van der Waals surface area (Å²) in [5.74, 6) is -0.154. The van der Waals surface area contributed by atoms with Crippen LogP contribution in [-0.2, 0) is 28.1 Å². The number of nitrogen functional groups attached to an aromatic ring is 1. The lowest BCUT2D eigenvalue weighted by atomic mass is 9.99. The highest BCUT2D eigenvalue weighted by Crippen LogP contribution is 2.45. The minimum absolute atomic E-state index is 0.00921. The Morgan fingerprint density at radius 1 is 1.23 bits per heavy atom.